The van der Waals surface area contributed by atoms with Crippen molar-refractivity contribution >= 4 is 15.9 Å². The lowest BCUT2D eigenvalue weighted by atomic mass is 10.1. The summed E-state index contributed by atoms with van der Waals surface area (Å²) in [6.45, 7) is 4.55. The van der Waals surface area contributed by atoms with Crippen molar-refractivity contribution in [1.82, 2.24) is 19.0 Å². The zero-order valence-electron chi connectivity index (χ0n) is 14.9. The maximum absolute atomic E-state index is 13.4. The highest BCUT2D eigenvalue weighted by Gasteiger charge is 2.45. The monoisotopic (exact) mass is 374 g/mol. The first-order valence-corrected chi connectivity index (χ1v) is 10.3. The molecule has 2 aliphatic rings. The minimum absolute atomic E-state index is 0.0110. The zero-order valence-corrected chi connectivity index (χ0v) is 15.7. The van der Waals surface area contributed by atoms with Crippen LogP contribution in [0, 0.1) is 6.92 Å². The van der Waals surface area contributed by atoms with Crippen LogP contribution in [0.1, 0.15) is 25.3 Å². The van der Waals surface area contributed by atoms with Crippen molar-refractivity contribution in [2.75, 3.05) is 13.1 Å². The van der Waals surface area contributed by atoms with Gasteiger partial charge in [-0.25, -0.2) is 13.1 Å². The minimum atomic E-state index is -3.78. The number of hydrogen-bond donors (Lipinski definition) is 0. The van der Waals surface area contributed by atoms with Crippen LogP contribution in [0.15, 0.2) is 41.6 Å². The number of sulfonamides is 1. The maximum Gasteiger partial charge on any atom is 0.244 e. The van der Waals surface area contributed by atoms with Crippen molar-refractivity contribution in [3.8, 4) is 5.69 Å². The van der Waals surface area contributed by atoms with E-state index in [1.165, 1.54) is 4.31 Å². The van der Waals surface area contributed by atoms with Crippen LogP contribution in [0.3, 0.4) is 0 Å². The number of carbonyl (C=O) groups is 1. The first-order chi connectivity index (χ1) is 12.4. The summed E-state index contributed by atoms with van der Waals surface area (Å²) in [5.74, 6) is -0.0943. The third kappa shape index (κ3) is 2.64. The molecular weight excluding hydrogens is 352 g/mol. The summed E-state index contributed by atoms with van der Waals surface area (Å²) >= 11 is 0. The number of carbonyl (C=O) groups excluding carboxylic acids is 1. The first-order valence-electron chi connectivity index (χ1n) is 8.82. The average molecular weight is 374 g/mol. The summed E-state index contributed by atoms with van der Waals surface area (Å²) < 4.78 is 29.8. The summed E-state index contributed by atoms with van der Waals surface area (Å²) in [7, 11) is -3.78. The second-order valence-corrected chi connectivity index (χ2v) is 8.84. The molecule has 0 saturated carbocycles. The minimum Gasteiger partial charge on any atom is -0.337 e. The van der Waals surface area contributed by atoms with Gasteiger partial charge in [0.1, 0.15) is 6.04 Å². The Balaban J connectivity index is 1.74. The van der Waals surface area contributed by atoms with Gasteiger partial charge >= 0.3 is 0 Å². The van der Waals surface area contributed by atoms with Gasteiger partial charge in [0.15, 0.2) is 0 Å². The van der Waals surface area contributed by atoms with Crippen molar-refractivity contribution in [3.05, 3.63) is 42.2 Å². The Morgan fingerprint density at radius 3 is 2.81 bits per heavy atom. The molecule has 138 valence electrons. The highest BCUT2D eigenvalue weighted by molar-refractivity contribution is 7.89. The van der Waals surface area contributed by atoms with Crippen molar-refractivity contribution in [1.29, 1.82) is 0 Å². The second-order valence-electron chi connectivity index (χ2n) is 6.98. The van der Waals surface area contributed by atoms with E-state index in [0.717, 1.165) is 19.4 Å². The summed E-state index contributed by atoms with van der Waals surface area (Å²) in [5, 5.41) is 4.17. The number of hydrogen-bond acceptors (Lipinski definition) is 4. The van der Waals surface area contributed by atoms with Crippen molar-refractivity contribution < 1.29 is 13.2 Å². The third-order valence-corrected chi connectivity index (χ3v) is 7.45. The smallest absolute Gasteiger partial charge is 0.244 e. The van der Waals surface area contributed by atoms with Gasteiger partial charge in [-0.1, -0.05) is 6.07 Å². The van der Waals surface area contributed by atoms with E-state index < -0.39 is 16.1 Å². The molecule has 0 spiro atoms. The molecule has 2 fully saturated rings. The Morgan fingerprint density at radius 1 is 1.27 bits per heavy atom. The van der Waals surface area contributed by atoms with Gasteiger partial charge in [-0.2, -0.15) is 9.40 Å². The van der Waals surface area contributed by atoms with Gasteiger partial charge in [0, 0.05) is 31.5 Å². The van der Waals surface area contributed by atoms with E-state index in [9.17, 15) is 13.2 Å². The van der Waals surface area contributed by atoms with E-state index in [4.69, 9.17) is 0 Å². The van der Waals surface area contributed by atoms with Gasteiger partial charge in [0.2, 0.25) is 15.9 Å². The number of nitrogens with zero attached hydrogens (tertiary/aromatic N) is 4. The molecule has 2 aromatic rings. The predicted octanol–water partition coefficient (Wildman–Crippen LogP) is 1.56. The molecule has 2 atom stereocenters. The van der Waals surface area contributed by atoms with Crippen molar-refractivity contribution in [2.45, 2.75) is 43.7 Å². The maximum atomic E-state index is 13.4. The zero-order chi connectivity index (χ0) is 18.5. The lowest BCUT2D eigenvalue weighted by molar-refractivity contribution is -0.139. The average Bonchev–Trinajstić information content (AvgIpc) is 3.29. The molecule has 0 unspecified atom stereocenters. The molecule has 0 bridgehead atoms. The Hall–Kier alpha value is -2.19. The molecule has 0 aliphatic carbocycles. The van der Waals surface area contributed by atoms with E-state index in [1.807, 2.05) is 11.0 Å². The molecule has 1 amide bonds. The molecule has 2 saturated heterocycles. The molecule has 7 nitrogen and oxygen atoms in total. The van der Waals surface area contributed by atoms with Crippen LogP contribution in [0.5, 0.6) is 0 Å². The summed E-state index contributed by atoms with van der Waals surface area (Å²) in [6.07, 6.45) is 5.21. The first kappa shape index (κ1) is 17.2. The van der Waals surface area contributed by atoms with Gasteiger partial charge in [0.05, 0.1) is 10.6 Å². The molecule has 26 heavy (non-hydrogen) atoms. The van der Waals surface area contributed by atoms with E-state index in [-0.39, 0.29) is 16.8 Å². The molecular formula is C18H22N4O3S. The number of amides is 1. The lowest BCUT2D eigenvalue weighted by Crippen LogP contribution is -2.59. The van der Waals surface area contributed by atoms with Gasteiger partial charge in [-0.3, -0.25) is 4.79 Å². The Kier molecular flexibility index (Phi) is 4.11. The molecule has 3 heterocycles. The quantitative estimate of drug-likeness (QED) is 0.817. The van der Waals surface area contributed by atoms with Crippen molar-refractivity contribution in [3.63, 3.8) is 0 Å². The van der Waals surface area contributed by atoms with Crippen LogP contribution < -0.4 is 0 Å². The largest absolute Gasteiger partial charge is 0.337 e. The second kappa shape index (κ2) is 6.21. The van der Waals surface area contributed by atoms with Gasteiger partial charge < -0.3 is 4.90 Å². The van der Waals surface area contributed by atoms with Crippen LogP contribution in [-0.2, 0) is 14.8 Å². The van der Waals surface area contributed by atoms with E-state index >= 15 is 0 Å². The van der Waals surface area contributed by atoms with Crippen LogP contribution in [-0.4, -0.2) is 58.5 Å². The number of aryl methyl sites for hydroxylation is 1. The van der Waals surface area contributed by atoms with Crippen molar-refractivity contribution in [2.24, 2.45) is 0 Å². The third-order valence-electron chi connectivity index (χ3n) is 5.37. The Bertz CT molecular complexity index is 939. The molecule has 0 radical (unpaired) electrons. The number of fused-ring (bicyclic) bond motifs is 1. The van der Waals surface area contributed by atoms with E-state index in [2.05, 4.69) is 5.10 Å². The highest BCUT2D eigenvalue weighted by Crippen LogP contribution is 2.31. The molecule has 4 rings (SSSR count). The Labute approximate surface area is 153 Å². The topological polar surface area (TPSA) is 75.5 Å². The van der Waals surface area contributed by atoms with Gasteiger partial charge in [-0.05, 0) is 50.5 Å². The highest BCUT2D eigenvalue weighted by atomic mass is 32.2. The number of aromatic nitrogens is 2. The summed E-state index contributed by atoms with van der Waals surface area (Å²) in [5.41, 5.74) is 1.34. The Morgan fingerprint density at radius 2 is 2.08 bits per heavy atom. The van der Waals surface area contributed by atoms with Crippen LogP contribution in [0.2, 0.25) is 0 Å². The van der Waals surface area contributed by atoms with E-state index in [1.54, 1.807) is 49.1 Å². The molecule has 0 N–H and O–H groups in total. The lowest BCUT2D eigenvalue weighted by Gasteiger charge is -2.40. The fourth-order valence-corrected chi connectivity index (χ4v) is 5.78. The predicted molar refractivity (Wildman–Crippen MR) is 96.4 cm³/mol. The fraction of sp³-hybridized carbons (Fsp3) is 0.444. The molecule has 8 heteroatoms. The van der Waals surface area contributed by atoms with E-state index in [0.29, 0.717) is 17.8 Å². The number of rotatable bonds is 3. The van der Waals surface area contributed by atoms with Crippen LogP contribution in [0.4, 0.5) is 0 Å². The standard InChI is InChI=1S/C18H22N4O3S/c1-13-6-7-15(21-10-4-8-19-21)11-17(13)26(24,25)22-12-16-5-3-9-20(16)18(23)14(22)2/h4,6-8,10-11,14,16H,3,5,9,12H2,1-2H3/t14-,16-/m0/s1. The normalized spacial score (nSPS) is 24.1. The molecule has 2 aliphatic heterocycles. The number of piperazine rings is 1. The van der Waals surface area contributed by atoms with Crippen LogP contribution >= 0.6 is 0 Å². The van der Waals surface area contributed by atoms with Gasteiger partial charge in [0.25, 0.3) is 0 Å². The number of benzene rings is 1. The fourth-order valence-electron chi connectivity index (χ4n) is 3.91. The molecule has 1 aromatic heterocycles. The van der Waals surface area contributed by atoms with Gasteiger partial charge in [-0.15, -0.1) is 0 Å². The SMILES string of the molecule is Cc1ccc(-n2cccn2)cc1S(=O)(=O)N1C[C@@H]2CCCN2C(=O)[C@@H]1C. The summed E-state index contributed by atoms with van der Waals surface area (Å²) in [4.78, 5) is 14.7. The summed E-state index contributed by atoms with van der Waals surface area (Å²) in [6, 6.07) is 6.35. The van der Waals surface area contributed by atoms with Crippen LogP contribution in [0.25, 0.3) is 5.69 Å². The molecule has 1 aromatic carbocycles.